The fourth-order valence-corrected chi connectivity index (χ4v) is 3.15. The fraction of sp³-hybridized carbons (Fsp3) is 0.350. The summed E-state index contributed by atoms with van der Waals surface area (Å²) in [4.78, 5) is 17.1. The van der Waals surface area contributed by atoms with Crippen molar-refractivity contribution in [2.24, 2.45) is 0 Å². The van der Waals surface area contributed by atoms with Crippen molar-refractivity contribution in [3.8, 4) is 5.75 Å². The van der Waals surface area contributed by atoms with Gasteiger partial charge in [0.2, 0.25) is 0 Å². The van der Waals surface area contributed by atoms with Crippen LogP contribution in [0.2, 0.25) is 0 Å². The van der Waals surface area contributed by atoms with E-state index < -0.39 is 6.61 Å². The number of carbonyl (C=O) groups is 1. The summed E-state index contributed by atoms with van der Waals surface area (Å²) in [5, 5.41) is 2.81. The van der Waals surface area contributed by atoms with E-state index in [0.29, 0.717) is 5.69 Å². The van der Waals surface area contributed by atoms with E-state index in [-0.39, 0.29) is 17.2 Å². The second-order valence-electron chi connectivity index (χ2n) is 6.65. The molecule has 1 saturated heterocycles. The quantitative estimate of drug-likeness (QED) is 0.867. The standard InChI is InChI=1S/C20H23F2N3O2/c1-14-12-16(6-7-18(14)25-10-8-24(2)9-11-25)23-19(26)15-4-3-5-17(13-15)27-20(21)22/h3-7,12-13,20H,8-11H2,1-2H3,(H,23,26). The molecule has 0 radical (unpaired) electrons. The third-order valence-corrected chi connectivity index (χ3v) is 4.62. The highest BCUT2D eigenvalue weighted by molar-refractivity contribution is 6.04. The molecule has 2 aromatic carbocycles. The maximum Gasteiger partial charge on any atom is 0.387 e. The number of nitrogens with one attached hydrogen (secondary N) is 1. The van der Waals surface area contributed by atoms with Crippen molar-refractivity contribution in [2.75, 3.05) is 43.4 Å². The zero-order valence-electron chi connectivity index (χ0n) is 15.4. The molecule has 0 atom stereocenters. The average Bonchev–Trinajstić information content (AvgIpc) is 2.62. The molecule has 0 spiro atoms. The number of likely N-dealkylation sites (N-methyl/N-ethyl adjacent to an activating group) is 1. The lowest BCUT2D eigenvalue weighted by atomic mass is 10.1. The number of halogens is 2. The molecule has 1 heterocycles. The summed E-state index contributed by atoms with van der Waals surface area (Å²) in [6.45, 7) is 3.08. The van der Waals surface area contributed by atoms with Gasteiger partial charge in [0.25, 0.3) is 5.91 Å². The predicted molar refractivity (Wildman–Crippen MR) is 102 cm³/mol. The Morgan fingerprint density at radius 1 is 1.11 bits per heavy atom. The topological polar surface area (TPSA) is 44.8 Å². The summed E-state index contributed by atoms with van der Waals surface area (Å²) in [5.74, 6) is -0.416. The minimum absolute atomic E-state index is 0.0424. The van der Waals surface area contributed by atoms with E-state index in [0.717, 1.165) is 37.4 Å². The van der Waals surface area contributed by atoms with Gasteiger partial charge in [0.1, 0.15) is 5.75 Å². The lowest BCUT2D eigenvalue weighted by molar-refractivity contribution is -0.0498. The first-order valence-corrected chi connectivity index (χ1v) is 8.83. The van der Waals surface area contributed by atoms with Gasteiger partial charge in [-0.05, 0) is 55.9 Å². The van der Waals surface area contributed by atoms with E-state index >= 15 is 0 Å². The number of piperazine rings is 1. The van der Waals surface area contributed by atoms with Gasteiger partial charge >= 0.3 is 6.61 Å². The summed E-state index contributed by atoms with van der Waals surface area (Å²) in [6.07, 6.45) is 0. The number of amides is 1. The van der Waals surface area contributed by atoms with Crippen LogP contribution in [-0.4, -0.2) is 50.6 Å². The lowest BCUT2D eigenvalue weighted by Gasteiger charge is -2.35. The van der Waals surface area contributed by atoms with E-state index in [9.17, 15) is 13.6 Å². The van der Waals surface area contributed by atoms with Gasteiger partial charge in [-0.25, -0.2) is 0 Å². The Morgan fingerprint density at radius 3 is 2.52 bits per heavy atom. The van der Waals surface area contributed by atoms with Gasteiger partial charge in [-0.2, -0.15) is 8.78 Å². The van der Waals surface area contributed by atoms with Crippen LogP contribution in [0, 0.1) is 6.92 Å². The molecule has 0 bridgehead atoms. The SMILES string of the molecule is Cc1cc(NC(=O)c2cccc(OC(F)F)c2)ccc1N1CCN(C)CC1. The summed E-state index contributed by atoms with van der Waals surface area (Å²) >= 11 is 0. The van der Waals surface area contributed by atoms with Crippen molar-refractivity contribution in [1.29, 1.82) is 0 Å². The Hall–Kier alpha value is -2.67. The van der Waals surface area contributed by atoms with Gasteiger partial charge < -0.3 is 19.9 Å². The third kappa shape index (κ3) is 4.95. The molecule has 2 aromatic rings. The molecular weight excluding hydrogens is 352 g/mol. The van der Waals surface area contributed by atoms with Gasteiger partial charge in [0, 0.05) is 43.1 Å². The molecule has 1 fully saturated rings. The van der Waals surface area contributed by atoms with Crippen LogP contribution in [0.25, 0.3) is 0 Å². The molecule has 5 nitrogen and oxygen atoms in total. The van der Waals surface area contributed by atoms with Crippen LogP contribution >= 0.6 is 0 Å². The van der Waals surface area contributed by atoms with Gasteiger partial charge in [-0.3, -0.25) is 4.79 Å². The molecule has 3 rings (SSSR count). The zero-order valence-corrected chi connectivity index (χ0v) is 15.4. The molecule has 1 aliphatic rings. The van der Waals surface area contributed by atoms with Crippen molar-refractivity contribution >= 4 is 17.3 Å². The minimum Gasteiger partial charge on any atom is -0.435 e. The van der Waals surface area contributed by atoms with Gasteiger partial charge in [-0.15, -0.1) is 0 Å². The van der Waals surface area contributed by atoms with Crippen molar-refractivity contribution in [1.82, 2.24) is 4.90 Å². The normalized spacial score (nSPS) is 15.1. The summed E-state index contributed by atoms with van der Waals surface area (Å²) in [5.41, 5.74) is 3.16. The Labute approximate surface area is 157 Å². The molecule has 0 aliphatic carbocycles. The first-order valence-electron chi connectivity index (χ1n) is 8.83. The van der Waals surface area contributed by atoms with Crippen LogP contribution < -0.4 is 15.0 Å². The number of alkyl halides is 2. The van der Waals surface area contributed by atoms with Crippen LogP contribution in [-0.2, 0) is 0 Å². The lowest BCUT2D eigenvalue weighted by Crippen LogP contribution is -2.44. The van der Waals surface area contributed by atoms with Crippen LogP contribution in [0.4, 0.5) is 20.2 Å². The molecule has 27 heavy (non-hydrogen) atoms. The van der Waals surface area contributed by atoms with E-state index in [4.69, 9.17) is 0 Å². The second kappa shape index (κ2) is 8.35. The number of ether oxygens (including phenoxy) is 1. The Bertz CT molecular complexity index is 806. The highest BCUT2D eigenvalue weighted by Crippen LogP contribution is 2.25. The molecular formula is C20H23F2N3O2. The molecule has 1 amide bonds. The van der Waals surface area contributed by atoms with Crippen molar-refractivity contribution in [3.05, 3.63) is 53.6 Å². The number of nitrogens with zero attached hydrogens (tertiary/aromatic N) is 2. The molecule has 0 aromatic heterocycles. The fourth-order valence-electron chi connectivity index (χ4n) is 3.15. The zero-order chi connectivity index (χ0) is 19.4. The molecule has 144 valence electrons. The molecule has 1 N–H and O–H groups in total. The number of carbonyl (C=O) groups excluding carboxylic acids is 1. The first kappa shape index (κ1) is 19.1. The van der Waals surface area contributed by atoms with Crippen LogP contribution in [0.3, 0.4) is 0 Å². The van der Waals surface area contributed by atoms with Crippen LogP contribution in [0.5, 0.6) is 5.75 Å². The summed E-state index contributed by atoms with van der Waals surface area (Å²) in [7, 11) is 2.12. The number of rotatable bonds is 5. The number of hydrogen-bond acceptors (Lipinski definition) is 4. The molecule has 7 heteroatoms. The van der Waals surface area contributed by atoms with Gasteiger partial charge in [-0.1, -0.05) is 6.07 Å². The maximum absolute atomic E-state index is 12.4. The summed E-state index contributed by atoms with van der Waals surface area (Å²) < 4.78 is 29.0. The largest absolute Gasteiger partial charge is 0.435 e. The number of hydrogen-bond donors (Lipinski definition) is 1. The van der Waals surface area contributed by atoms with Crippen molar-refractivity contribution in [2.45, 2.75) is 13.5 Å². The predicted octanol–water partition coefficient (Wildman–Crippen LogP) is 3.60. The van der Waals surface area contributed by atoms with Gasteiger partial charge in [0.15, 0.2) is 0 Å². The number of anilines is 2. The monoisotopic (exact) mass is 375 g/mol. The Morgan fingerprint density at radius 2 is 1.85 bits per heavy atom. The smallest absolute Gasteiger partial charge is 0.387 e. The van der Waals surface area contributed by atoms with E-state index in [2.05, 4.69) is 26.9 Å². The maximum atomic E-state index is 12.4. The third-order valence-electron chi connectivity index (χ3n) is 4.62. The van der Waals surface area contributed by atoms with Crippen LogP contribution in [0.15, 0.2) is 42.5 Å². The van der Waals surface area contributed by atoms with E-state index in [1.165, 1.54) is 18.2 Å². The second-order valence-corrected chi connectivity index (χ2v) is 6.65. The van der Waals surface area contributed by atoms with Crippen molar-refractivity contribution < 1.29 is 18.3 Å². The Kier molecular flexibility index (Phi) is 5.91. The highest BCUT2D eigenvalue weighted by atomic mass is 19.3. The number of benzene rings is 2. The van der Waals surface area contributed by atoms with Gasteiger partial charge in [0.05, 0.1) is 0 Å². The van der Waals surface area contributed by atoms with E-state index in [1.807, 2.05) is 25.1 Å². The number of aryl methyl sites for hydroxylation is 1. The molecule has 0 saturated carbocycles. The molecule has 0 unspecified atom stereocenters. The average molecular weight is 375 g/mol. The Balaban J connectivity index is 1.69. The van der Waals surface area contributed by atoms with Crippen LogP contribution in [0.1, 0.15) is 15.9 Å². The molecule has 1 aliphatic heterocycles. The summed E-state index contributed by atoms with van der Waals surface area (Å²) in [6, 6.07) is 11.5. The van der Waals surface area contributed by atoms with E-state index in [1.54, 1.807) is 6.07 Å². The minimum atomic E-state index is -2.92. The highest BCUT2D eigenvalue weighted by Gasteiger charge is 2.16. The van der Waals surface area contributed by atoms with Crippen molar-refractivity contribution in [3.63, 3.8) is 0 Å². The first-order chi connectivity index (χ1) is 12.9.